The van der Waals surface area contributed by atoms with Crippen LogP contribution in [0.5, 0.6) is 5.75 Å². The molecule has 1 aromatic heterocycles. The summed E-state index contributed by atoms with van der Waals surface area (Å²) in [5.41, 5.74) is 0.370. The van der Waals surface area contributed by atoms with Crippen molar-refractivity contribution in [1.29, 1.82) is 0 Å². The number of hydrogen-bond acceptors (Lipinski definition) is 4. The van der Waals surface area contributed by atoms with Gasteiger partial charge in [-0.1, -0.05) is 20.8 Å². The van der Waals surface area contributed by atoms with Crippen LogP contribution in [-0.2, 0) is 16.4 Å². The first-order valence-electron chi connectivity index (χ1n) is 8.21. The zero-order chi connectivity index (χ0) is 20.4. The molecule has 0 saturated heterocycles. The van der Waals surface area contributed by atoms with Gasteiger partial charge in [0.2, 0.25) is 0 Å². The highest BCUT2D eigenvalue weighted by Gasteiger charge is 2.28. The van der Waals surface area contributed by atoms with E-state index in [1.165, 1.54) is 25.4 Å². The molecule has 27 heavy (non-hydrogen) atoms. The van der Waals surface area contributed by atoms with Gasteiger partial charge in [0.05, 0.1) is 12.0 Å². The van der Waals surface area contributed by atoms with Gasteiger partial charge < -0.3 is 15.2 Å². The van der Waals surface area contributed by atoms with Gasteiger partial charge in [0, 0.05) is 12.2 Å². The number of rotatable bonds is 6. The van der Waals surface area contributed by atoms with Gasteiger partial charge >= 0.3 is 6.09 Å². The van der Waals surface area contributed by atoms with Crippen molar-refractivity contribution in [2.75, 3.05) is 7.11 Å². The Kier molecular flexibility index (Phi) is 6.26. The first kappa shape index (κ1) is 21.3. The van der Waals surface area contributed by atoms with Crippen LogP contribution in [-0.4, -0.2) is 36.7 Å². The number of carboxylic acid groups (broad SMARTS) is 1. The first-order chi connectivity index (χ1) is 12.4. The van der Waals surface area contributed by atoms with Crippen molar-refractivity contribution in [1.82, 2.24) is 9.29 Å². The van der Waals surface area contributed by atoms with E-state index in [-0.39, 0.29) is 16.4 Å². The molecule has 1 aromatic carbocycles. The highest BCUT2D eigenvalue weighted by molar-refractivity contribution is 9.10. The Labute approximate surface area is 167 Å². The molecular weight excluding hydrogens is 436 g/mol. The Morgan fingerprint density at radius 1 is 1.30 bits per heavy atom. The Hall–Kier alpha value is -2.00. The molecule has 0 radical (unpaired) electrons. The van der Waals surface area contributed by atoms with Gasteiger partial charge in [-0.2, -0.15) is 0 Å². The predicted molar refractivity (Wildman–Crippen MR) is 106 cm³/mol. The van der Waals surface area contributed by atoms with Crippen molar-refractivity contribution in [3.05, 3.63) is 46.7 Å². The summed E-state index contributed by atoms with van der Waals surface area (Å²) in [5, 5.41) is 11.6. The molecule has 2 aromatic rings. The van der Waals surface area contributed by atoms with E-state index in [9.17, 15) is 13.2 Å². The molecule has 0 bridgehead atoms. The second-order valence-electron chi connectivity index (χ2n) is 7.22. The molecule has 9 heteroatoms. The standard InChI is InChI=1S/C18H23BrN2O5S/c1-18(2,3)15(20-17(22)23)9-12-10-16(19)21(11-12)27(24,25)14-7-5-13(26-4)6-8-14/h5-8,10-11,15,20H,9H2,1-4H3,(H,22,23). The summed E-state index contributed by atoms with van der Waals surface area (Å²) in [6.45, 7) is 5.77. The second kappa shape index (κ2) is 7.93. The van der Waals surface area contributed by atoms with Crippen LogP contribution in [0, 0.1) is 5.41 Å². The molecule has 2 N–H and O–H groups in total. The summed E-state index contributed by atoms with van der Waals surface area (Å²) in [5.74, 6) is 0.564. The maximum atomic E-state index is 12.9. The van der Waals surface area contributed by atoms with Gasteiger partial charge in [-0.15, -0.1) is 0 Å². The quantitative estimate of drug-likeness (QED) is 0.686. The third kappa shape index (κ3) is 5.04. The first-order valence-corrected chi connectivity index (χ1v) is 10.4. The number of aromatic nitrogens is 1. The van der Waals surface area contributed by atoms with Gasteiger partial charge in [-0.3, -0.25) is 0 Å². The van der Waals surface area contributed by atoms with Crippen LogP contribution < -0.4 is 10.1 Å². The molecule has 1 amide bonds. The normalized spacial score (nSPS) is 13.2. The van der Waals surface area contributed by atoms with Gasteiger partial charge in [0.15, 0.2) is 0 Å². The van der Waals surface area contributed by atoms with Crippen LogP contribution in [0.4, 0.5) is 4.79 Å². The summed E-state index contributed by atoms with van der Waals surface area (Å²) in [7, 11) is -2.28. The minimum absolute atomic E-state index is 0.127. The van der Waals surface area contributed by atoms with E-state index in [1.54, 1.807) is 18.2 Å². The number of halogens is 1. The van der Waals surface area contributed by atoms with E-state index in [1.807, 2.05) is 20.8 Å². The summed E-state index contributed by atoms with van der Waals surface area (Å²) < 4.78 is 32.4. The van der Waals surface area contributed by atoms with E-state index in [0.717, 1.165) is 3.97 Å². The maximum Gasteiger partial charge on any atom is 0.404 e. The van der Waals surface area contributed by atoms with Crippen molar-refractivity contribution in [3.63, 3.8) is 0 Å². The molecular formula is C18H23BrN2O5S. The highest BCUT2D eigenvalue weighted by atomic mass is 79.9. The average molecular weight is 459 g/mol. The fourth-order valence-electron chi connectivity index (χ4n) is 2.58. The number of carbonyl (C=O) groups is 1. The van der Waals surface area contributed by atoms with Crippen LogP contribution in [0.3, 0.4) is 0 Å². The second-order valence-corrected chi connectivity index (χ2v) is 9.85. The van der Waals surface area contributed by atoms with Crippen LogP contribution in [0.1, 0.15) is 26.3 Å². The molecule has 0 spiro atoms. The third-order valence-corrected chi connectivity index (χ3v) is 6.73. The topological polar surface area (TPSA) is 97.6 Å². The minimum atomic E-state index is -3.79. The van der Waals surface area contributed by atoms with E-state index in [2.05, 4.69) is 21.2 Å². The number of amides is 1. The average Bonchev–Trinajstić information content (AvgIpc) is 2.94. The zero-order valence-corrected chi connectivity index (χ0v) is 18.0. The lowest BCUT2D eigenvalue weighted by molar-refractivity contribution is 0.174. The lowest BCUT2D eigenvalue weighted by Gasteiger charge is -2.30. The smallest absolute Gasteiger partial charge is 0.404 e. The molecule has 0 saturated carbocycles. The number of hydrogen-bond donors (Lipinski definition) is 2. The molecule has 1 heterocycles. The zero-order valence-electron chi connectivity index (χ0n) is 15.6. The molecule has 1 atom stereocenters. The van der Waals surface area contributed by atoms with Gasteiger partial charge in [-0.25, -0.2) is 17.2 Å². The Morgan fingerprint density at radius 3 is 2.37 bits per heavy atom. The Balaban J connectivity index is 2.35. The molecule has 0 aliphatic heterocycles. The van der Waals surface area contributed by atoms with Gasteiger partial charge in [0.1, 0.15) is 10.4 Å². The lowest BCUT2D eigenvalue weighted by Crippen LogP contribution is -2.44. The monoisotopic (exact) mass is 458 g/mol. The summed E-state index contributed by atoms with van der Waals surface area (Å²) >= 11 is 3.29. The number of benzene rings is 1. The molecule has 1 unspecified atom stereocenters. The molecule has 2 rings (SSSR count). The van der Waals surface area contributed by atoms with Crippen LogP contribution >= 0.6 is 15.9 Å². The SMILES string of the molecule is COc1ccc(S(=O)(=O)n2cc(CC(NC(=O)O)C(C)(C)C)cc2Br)cc1. The summed E-state index contributed by atoms with van der Waals surface area (Å²) in [4.78, 5) is 11.2. The van der Waals surface area contributed by atoms with Gasteiger partial charge in [-0.05, 0) is 63.7 Å². The summed E-state index contributed by atoms with van der Waals surface area (Å²) in [6, 6.07) is 7.42. The van der Waals surface area contributed by atoms with Crippen molar-refractivity contribution in [3.8, 4) is 5.75 Å². The van der Waals surface area contributed by atoms with Crippen molar-refractivity contribution >= 4 is 32.0 Å². The van der Waals surface area contributed by atoms with Gasteiger partial charge in [0.25, 0.3) is 10.0 Å². The maximum absolute atomic E-state index is 12.9. The summed E-state index contributed by atoms with van der Waals surface area (Å²) in [6.07, 6.45) is 0.755. The molecule has 0 aliphatic carbocycles. The molecule has 7 nitrogen and oxygen atoms in total. The fourth-order valence-corrected chi connectivity index (χ4v) is 4.81. The molecule has 0 fully saturated rings. The predicted octanol–water partition coefficient (Wildman–Crippen LogP) is 3.72. The van der Waals surface area contributed by atoms with Crippen molar-refractivity contribution < 1.29 is 23.1 Å². The molecule has 0 aliphatic rings. The number of nitrogens with zero attached hydrogens (tertiary/aromatic N) is 1. The van der Waals surface area contributed by atoms with Crippen LogP contribution in [0.2, 0.25) is 0 Å². The highest BCUT2D eigenvalue weighted by Crippen LogP contribution is 2.27. The van der Waals surface area contributed by atoms with E-state index >= 15 is 0 Å². The third-order valence-electron chi connectivity index (χ3n) is 4.20. The van der Waals surface area contributed by atoms with E-state index in [0.29, 0.717) is 22.3 Å². The fraction of sp³-hybridized carbons (Fsp3) is 0.389. The van der Waals surface area contributed by atoms with Crippen LogP contribution in [0.25, 0.3) is 0 Å². The Bertz CT molecular complexity index is 914. The van der Waals surface area contributed by atoms with E-state index < -0.39 is 16.1 Å². The lowest BCUT2D eigenvalue weighted by atomic mass is 9.83. The number of ether oxygens (including phenoxy) is 1. The number of nitrogens with one attached hydrogen (secondary N) is 1. The Morgan fingerprint density at radius 2 is 1.89 bits per heavy atom. The van der Waals surface area contributed by atoms with E-state index in [4.69, 9.17) is 9.84 Å². The number of methoxy groups -OCH3 is 1. The minimum Gasteiger partial charge on any atom is -0.497 e. The van der Waals surface area contributed by atoms with Crippen molar-refractivity contribution in [2.24, 2.45) is 5.41 Å². The molecule has 148 valence electrons. The largest absolute Gasteiger partial charge is 0.497 e. The van der Waals surface area contributed by atoms with Crippen LogP contribution in [0.15, 0.2) is 46.0 Å². The van der Waals surface area contributed by atoms with Crippen molar-refractivity contribution in [2.45, 2.75) is 38.1 Å².